The second-order valence-electron chi connectivity index (χ2n) is 4.21. The largest absolute Gasteiger partial charge is 0.353 e. The second kappa shape index (κ2) is 11.0. The van der Waals surface area contributed by atoms with Crippen molar-refractivity contribution in [3.05, 3.63) is 49.1 Å². The first kappa shape index (κ1) is 14.9. The molecule has 1 atom stereocenters. The number of rotatable bonds is 8. The average molecular weight is 248 g/mol. The first-order chi connectivity index (χ1) is 8.93. The molecule has 1 fully saturated rings. The molecule has 18 heavy (non-hydrogen) atoms. The minimum Gasteiger partial charge on any atom is -0.353 e. The van der Waals surface area contributed by atoms with Gasteiger partial charge >= 0.3 is 0 Å². The molecule has 0 saturated carbocycles. The lowest BCUT2D eigenvalue weighted by Crippen LogP contribution is -2.22. The highest BCUT2D eigenvalue weighted by molar-refractivity contribution is 5.02. The van der Waals surface area contributed by atoms with Crippen LogP contribution < -0.4 is 0 Å². The molecule has 0 radical (unpaired) electrons. The molecule has 100 valence electrons. The Morgan fingerprint density at radius 2 is 1.83 bits per heavy atom. The van der Waals surface area contributed by atoms with Crippen molar-refractivity contribution < 1.29 is 9.47 Å². The smallest absolute Gasteiger partial charge is 0.157 e. The van der Waals surface area contributed by atoms with Crippen LogP contribution >= 0.6 is 0 Å². The van der Waals surface area contributed by atoms with E-state index >= 15 is 0 Å². The molecule has 0 aromatic heterocycles. The maximum Gasteiger partial charge on any atom is 0.157 e. The van der Waals surface area contributed by atoms with Crippen molar-refractivity contribution in [2.45, 2.75) is 38.4 Å². The normalized spacial score (nSPS) is 21.2. The zero-order chi connectivity index (χ0) is 12.9. The van der Waals surface area contributed by atoms with Gasteiger partial charge in [0.15, 0.2) is 6.29 Å². The molecule has 0 N–H and O–H groups in total. The number of ether oxygens (including phenoxy) is 2. The molecule has 0 spiro atoms. The lowest BCUT2D eigenvalue weighted by molar-refractivity contribution is -0.155. The van der Waals surface area contributed by atoms with Gasteiger partial charge in [0.25, 0.3) is 0 Å². The van der Waals surface area contributed by atoms with Gasteiger partial charge in [-0.25, -0.2) is 0 Å². The fraction of sp³-hybridized carbons (Fsp3) is 0.500. The van der Waals surface area contributed by atoms with E-state index in [1.54, 1.807) is 6.08 Å². The third-order valence-electron chi connectivity index (χ3n) is 2.67. The van der Waals surface area contributed by atoms with E-state index in [0.717, 1.165) is 25.9 Å². The van der Waals surface area contributed by atoms with E-state index < -0.39 is 0 Å². The van der Waals surface area contributed by atoms with Crippen molar-refractivity contribution in [2.75, 3.05) is 13.2 Å². The zero-order valence-electron chi connectivity index (χ0n) is 11.1. The van der Waals surface area contributed by atoms with Gasteiger partial charge < -0.3 is 9.47 Å². The van der Waals surface area contributed by atoms with Gasteiger partial charge in [0.2, 0.25) is 0 Å². The summed E-state index contributed by atoms with van der Waals surface area (Å²) >= 11 is 0. The summed E-state index contributed by atoms with van der Waals surface area (Å²) in [5.74, 6) is 0. The summed E-state index contributed by atoms with van der Waals surface area (Å²) in [6.45, 7) is 5.11. The van der Waals surface area contributed by atoms with Gasteiger partial charge in [-0.2, -0.15) is 0 Å². The van der Waals surface area contributed by atoms with Crippen molar-refractivity contribution in [2.24, 2.45) is 0 Å². The standard InChI is InChI=1S/C16H24O2/c1-2-3-4-5-6-7-8-9-11-14-17-16-13-10-12-15-18-16/h2-4,6-7,9,11,16H,1,5,8,10,12-15H2. The number of allylic oxidation sites excluding steroid dienone is 6. The minimum absolute atomic E-state index is 0.0167. The van der Waals surface area contributed by atoms with E-state index in [9.17, 15) is 0 Å². The Morgan fingerprint density at radius 1 is 1.06 bits per heavy atom. The number of hydrogen-bond donors (Lipinski definition) is 0. The van der Waals surface area contributed by atoms with Crippen LogP contribution in [-0.2, 0) is 9.47 Å². The summed E-state index contributed by atoms with van der Waals surface area (Å²) in [4.78, 5) is 0. The predicted molar refractivity (Wildman–Crippen MR) is 76.4 cm³/mol. The molecule has 0 aromatic carbocycles. The van der Waals surface area contributed by atoms with Crippen molar-refractivity contribution in [3.8, 4) is 0 Å². The predicted octanol–water partition coefficient (Wildman–Crippen LogP) is 4.16. The summed E-state index contributed by atoms with van der Waals surface area (Å²) in [6, 6.07) is 0. The molecule has 1 aliphatic heterocycles. The average Bonchev–Trinajstić information content (AvgIpc) is 2.42. The Hall–Kier alpha value is -1.12. The van der Waals surface area contributed by atoms with Gasteiger partial charge in [-0.15, -0.1) is 0 Å². The minimum atomic E-state index is 0.0167. The SMILES string of the molecule is C=CC=CCC=CCC=CCOC1CCCCO1. The molecule has 0 aromatic rings. The Morgan fingerprint density at radius 3 is 2.56 bits per heavy atom. The summed E-state index contributed by atoms with van der Waals surface area (Å²) in [5.41, 5.74) is 0. The lowest BCUT2D eigenvalue weighted by Gasteiger charge is -2.21. The highest BCUT2D eigenvalue weighted by Gasteiger charge is 2.12. The van der Waals surface area contributed by atoms with Crippen LogP contribution in [0.25, 0.3) is 0 Å². The molecule has 0 bridgehead atoms. The van der Waals surface area contributed by atoms with Crippen molar-refractivity contribution in [1.82, 2.24) is 0 Å². The van der Waals surface area contributed by atoms with E-state index in [1.807, 2.05) is 6.08 Å². The molecular formula is C16H24O2. The van der Waals surface area contributed by atoms with Crippen molar-refractivity contribution in [3.63, 3.8) is 0 Å². The summed E-state index contributed by atoms with van der Waals surface area (Å²) in [5, 5.41) is 0. The van der Waals surface area contributed by atoms with Gasteiger partial charge in [-0.1, -0.05) is 49.1 Å². The fourth-order valence-electron chi connectivity index (χ4n) is 1.69. The molecule has 0 amide bonds. The van der Waals surface area contributed by atoms with Crippen LogP contribution in [0.2, 0.25) is 0 Å². The van der Waals surface area contributed by atoms with Crippen molar-refractivity contribution in [1.29, 1.82) is 0 Å². The number of hydrogen-bond acceptors (Lipinski definition) is 2. The summed E-state index contributed by atoms with van der Waals surface area (Å²) in [7, 11) is 0. The van der Waals surface area contributed by atoms with Crippen LogP contribution in [0.4, 0.5) is 0 Å². The monoisotopic (exact) mass is 248 g/mol. The quantitative estimate of drug-likeness (QED) is 0.474. The maximum atomic E-state index is 5.59. The zero-order valence-corrected chi connectivity index (χ0v) is 11.1. The molecule has 1 heterocycles. The summed E-state index contributed by atoms with van der Waals surface area (Å²) < 4.78 is 11.1. The van der Waals surface area contributed by atoms with Gasteiger partial charge in [0.1, 0.15) is 0 Å². The molecule has 1 unspecified atom stereocenters. The van der Waals surface area contributed by atoms with Gasteiger partial charge in [-0.3, -0.25) is 0 Å². The van der Waals surface area contributed by atoms with Gasteiger partial charge in [0, 0.05) is 6.61 Å². The Kier molecular flexibility index (Phi) is 9.13. The third-order valence-corrected chi connectivity index (χ3v) is 2.67. The van der Waals surface area contributed by atoms with E-state index in [2.05, 4.69) is 37.0 Å². The third kappa shape index (κ3) is 8.04. The van der Waals surface area contributed by atoms with Crippen LogP contribution in [0.1, 0.15) is 32.1 Å². The Balaban J connectivity index is 1.96. The lowest BCUT2D eigenvalue weighted by atomic mass is 10.2. The molecule has 1 saturated heterocycles. The topological polar surface area (TPSA) is 18.5 Å². The highest BCUT2D eigenvalue weighted by Crippen LogP contribution is 2.13. The van der Waals surface area contributed by atoms with Crippen LogP contribution in [0.5, 0.6) is 0 Å². The molecule has 1 aliphatic rings. The fourth-order valence-corrected chi connectivity index (χ4v) is 1.69. The van der Waals surface area contributed by atoms with Crippen LogP contribution in [-0.4, -0.2) is 19.5 Å². The molecule has 2 heteroatoms. The first-order valence-electron chi connectivity index (χ1n) is 6.74. The van der Waals surface area contributed by atoms with Crippen LogP contribution in [0.3, 0.4) is 0 Å². The van der Waals surface area contributed by atoms with Crippen LogP contribution in [0.15, 0.2) is 49.1 Å². The van der Waals surface area contributed by atoms with Gasteiger partial charge in [-0.05, 0) is 32.1 Å². The van der Waals surface area contributed by atoms with E-state index in [1.165, 1.54) is 12.8 Å². The van der Waals surface area contributed by atoms with E-state index in [4.69, 9.17) is 9.47 Å². The summed E-state index contributed by atoms with van der Waals surface area (Å²) in [6.07, 6.45) is 19.7. The highest BCUT2D eigenvalue weighted by atomic mass is 16.7. The molecule has 2 nitrogen and oxygen atoms in total. The molecular weight excluding hydrogens is 224 g/mol. The molecule has 1 rings (SSSR count). The van der Waals surface area contributed by atoms with E-state index in [0.29, 0.717) is 6.61 Å². The maximum absolute atomic E-state index is 5.59. The second-order valence-corrected chi connectivity index (χ2v) is 4.21. The Bertz CT molecular complexity index is 283. The first-order valence-corrected chi connectivity index (χ1v) is 6.74. The van der Waals surface area contributed by atoms with Crippen LogP contribution in [0, 0.1) is 0 Å². The van der Waals surface area contributed by atoms with Gasteiger partial charge in [0.05, 0.1) is 6.61 Å². The van der Waals surface area contributed by atoms with E-state index in [-0.39, 0.29) is 6.29 Å². The Labute approximate surface area is 111 Å². The van der Waals surface area contributed by atoms with Crippen molar-refractivity contribution >= 4 is 0 Å². The molecule has 0 aliphatic carbocycles.